The molecule has 1 aromatic carbocycles. The number of fused-ring (bicyclic) bond motifs is 1. The van der Waals surface area contributed by atoms with E-state index in [2.05, 4.69) is 26.6 Å². The molecule has 2 aromatic heterocycles. The molecule has 0 bridgehead atoms. The van der Waals surface area contributed by atoms with Gasteiger partial charge in [0.05, 0.1) is 11.5 Å². The third-order valence-electron chi connectivity index (χ3n) is 3.66. The highest BCUT2D eigenvalue weighted by molar-refractivity contribution is 6.34. The summed E-state index contributed by atoms with van der Waals surface area (Å²) in [5.41, 5.74) is 1.19. The maximum atomic E-state index is 9.28. The Labute approximate surface area is 139 Å². The molecule has 23 heavy (non-hydrogen) atoms. The van der Waals surface area contributed by atoms with Crippen LogP contribution in [0.1, 0.15) is 19.4 Å². The molecule has 0 atom stereocenters. The zero-order chi connectivity index (χ0) is 16.4. The molecule has 1 N–H and O–H groups in total. The Morgan fingerprint density at radius 3 is 2.78 bits per heavy atom. The first kappa shape index (κ1) is 15.2. The Bertz CT molecular complexity index is 914. The van der Waals surface area contributed by atoms with Crippen LogP contribution in [0.5, 0.6) is 0 Å². The summed E-state index contributed by atoms with van der Waals surface area (Å²) < 4.78 is 0. The Balaban J connectivity index is 2.03. The normalized spacial score (nSPS) is 11.2. The molecule has 2 heterocycles. The number of nitrogens with one attached hydrogen (secondary N) is 1. The monoisotopic (exact) mass is 323 g/mol. The molecule has 0 aliphatic heterocycles. The summed E-state index contributed by atoms with van der Waals surface area (Å²) >= 11 is 6.07. The number of benzene rings is 1. The molecule has 3 aromatic rings. The van der Waals surface area contributed by atoms with E-state index >= 15 is 0 Å². The van der Waals surface area contributed by atoms with E-state index in [0.29, 0.717) is 11.0 Å². The van der Waals surface area contributed by atoms with E-state index in [0.717, 1.165) is 22.0 Å². The molecule has 114 valence electrons. The molecule has 0 spiro atoms. The molecule has 0 saturated heterocycles. The van der Waals surface area contributed by atoms with Crippen molar-refractivity contribution in [3.8, 4) is 6.07 Å². The Morgan fingerprint density at radius 1 is 1.17 bits per heavy atom. The third kappa shape index (κ3) is 2.94. The summed E-state index contributed by atoms with van der Waals surface area (Å²) in [5.74, 6) is 0.574. The number of halogens is 1. The zero-order valence-electron chi connectivity index (χ0n) is 12.7. The van der Waals surface area contributed by atoms with E-state index < -0.39 is 5.41 Å². The second-order valence-corrected chi connectivity index (χ2v) is 6.06. The van der Waals surface area contributed by atoms with Crippen LogP contribution in [-0.4, -0.2) is 15.2 Å². The summed E-state index contributed by atoms with van der Waals surface area (Å²) in [7, 11) is 0. The largest absolute Gasteiger partial charge is 0.338 e. The van der Waals surface area contributed by atoms with Gasteiger partial charge in [-0.1, -0.05) is 23.7 Å². The summed E-state index contributed by atoms with van der Waals surface area (Å²) in [6, 6.07) is 11.8. The zero-order valence-corrected chi connectivity index (χ0v) is 13.5. The van der Waals surface area contributed by atoms with E-state index in [1.807, 2.05) is 38.1 Å². The molecule has 0 amide bonds. The van der Waals surface area contributed by atoms with E-state index in [1.165, 1.54) is 0 Å². The van der Waals surface area contributed by atoms with Crippen molar-refractivity contribution in [2.45, 2.75) is 19.3 Å². The number of nitrogens with zero attached hydrogens (tertiary/aromatic N) is 4. The van der Waals surface area contributed by atoms with Crippen LogP contribution >= 0.6 is 11.6 Å². The molecular weight excluding hydrogens is 310 g/mol. The van der Waals surface area contributed by atoms with Crippen molar-refractivity contribution in [1.82, 2.24) is 15.2 Å². The first-order valence-corrected chi connectivity index (χ1v) is 7.44. The lowest BCUT2D eigenvalue weighted by Crippen LogP contribution is -2.13. The number of hydrogen-bond acceptors (Lipinski definition) is 5. The number of nitriles is 1. The van der Waals surface area contributed by atoms with Gasteiger partial charge in [0.15, 0.2) is 11.0 Å². The van der Waals surface area contributed by atoms with Crippen molar-refractivity contribution >= 4 is 33.9 Å². The van der Waals surface area contributed by atoms with Gasteiger partial charge in [0.1, 0.15) is 0 Å². The van der Waals surface area contributed by atoms with Gasteiger partial charge in [0.2, 0.25) is 0 Å². The number of rotatable bonds is 3. The van der Waals surface area contributed by atoms with Crippen LogP contribution in [-0.2, 0) is 5.41 Å². The fraction of sp³-hybridized carbons (Fsp3) is 0.176. The fourth-order valence-electron chi connectivity index (χ4n) is 2.24. The standard InChI is InChI=1S/C17H14ClN5/c1-17(2,10-19)11-4-3-5-12(8-11)21-16-14-9-20-7-6-13(14)15(18)22-23-16/h3-9H,1-2H3,(H,21,23). The topological polar surface area (TPSA) is 74.5 Å². The molecular formula is C17H14ClN5. The number of aromatic nitrogens is 3. The highest BCUT2D eigenvalue weighted by Crippen LogP contribution is 2.29. The lowest BCUT2D eigenvalue weighted by molar-refractivity contribution is 0.687. The third-order valence-corrected chi connectivity index (χ3v) is 3.94. The number of anilines is 2. The van der Waals surface area contributed by atoms with Gasteiger partial charge in [-0.2, -0.15) is 5.26 Å². The highest BCUT2D eigenvalue weighted by Gasteiger charge is 2.20. The Morgan fingerprint density at radius 2 is 2.00 bits per heavy atom. The van der Waals surface area contributed by atoms with Crippen LogP contribution in [0.25, 0.3) is 10.8 Å². The van der Waals surface area contributed by atoms with Gasteiger partial charge in [-0.05, 0) is 37.6 Å². The molecule has 0 aliphatic rings. The minimum atomic E-state index is -0.563. The maximum absolute atomic E-state index is 9.28. The van der Waals surface area contributed by atoms with Gasteiger partial charge in [-0.25, -0.2) is 0 Å². The van der Waals surface area contributed by atoms with E-state index in [-0.39, 0.29) is 0 Å². The van der Waals surface area contributed by atoms with Crippen molar-refractivity contribution in [2.24, 2.45) is 0 Å². The average Bonchev–Trinajstić information content (AvgIpc) is 2.58. The van der Waals surface area contributed by atoms with Crippen molar-refractivity contribution < 1.29 is 0 Å². The summed E-state index contributed by atoms with van der Waals surface area (Å²) in [5, 5.41) is 22.5. The average molecular weight is 324 g/mol. The summed E-state index contributed by atoms with van der Waals surface area (Å²) in [6.45, 7) is 3.76. The second kappa shape index (κ2) is 5.82. The van der Waals surface area contributed by atoms with Gasteiger partial charge < -0.3 is 5.32 Å². The minimum Gasteiger partial charge on any atom is -0.338 e. The van der Waals surface area contributed by atoms with E-state index in [4.69, 9.17) is 11.6 Å². The first-order chi connectivity index (χ1) is 11.0. The SMILES string of the molecule is CC(C)(C#N)c1cccc(Nc2nnc(Cl)c3ccncc23)c1. The molecule has 0 unspecified atom stereocenters. The number of pyridine rings is 1. The van der Waals surface area contributed by atoms with Gasteiger partial charge in [0.25, 0.3) is 0 Å². The highest BCUT2D eigenvalue weighted by atomic mass is 35.5. The van der Waals surface area contributed by atoms with Crippen molar-refractivity contribution in [3.05, 3.63) is 53.4 Å². The predicted octanol–water partition coefficient (Wildman–Crippen LogP) is 4.22. The van der Waals surface area contributed by atoms with Crippen LogP contribution in [0.2, 0.25) is 5.15 Å². The van der Waals surface area contributed by atoms with Crippen LogP contribution in [0.3, 0.4) is 0 Å². The van der Waals surface area contributed by atoms with Crippen molar-refractivity contribution in [1.29, 1.82) is 5.26 Å². The predicted molar refractivity (Wildman–Crippen MR) is 90.7 cm³/mol. The lowest BCUT2D eigenvalue weighted by Gasteiger charge is -2.17. The molecule has 6 heteroatoms. The van der Waals surface area contributed by atoms with Crippen LogP contribution in [0.15, 0.2) is 42.7 Å². The molecule has 0 aliphatic carbocycles. The van der Waals surface area contributed by atoms with Crippen molar-refractivity contribution in [2.75, 3.05) is 5.32 Å². The van der Waals surface area contributed by atoms with Crippen molar-refractivity contribution in [3.63, 3.8) is 0 Å². The number of hydrogen-bond donors (Lipinski definition) is 1. The van der Waals surface area contributed by atoms with Gasteiger partial charge in [-0.15, -0.1) is 10.2 Å². The first-order valence-electron chi connectivity index (χ1n) is 7.06. The fourth-order valence-corrected chi connectivity index (χ4v) is 2.45. The molecule has 3 rings (SSSR count). The molecule has 0 radical (unpaired) electrons. The molecule has 0 fully saturated rings. The van der Waals surface area contributed by atoms with Crippen LogP contribution in [0, 0.1) is 11.3 Å². The van der Waals surface area contributed by atoms with Gasteiger partial charge in [0, 0.05) is 28.9 Å². The van der Waals surface area contributed by atoms with Crippen LogP contribution in [0.4, 0.5) is 11.5 Å². The maximum Gasteiger partial charge on any atom is 0.162 e. The summed E-state index contributed by atoms with van der Waals surface area (Å²) in [4.78, 5) is 4.12. The van der Waals surface area contributed by atoms with Gasteiger partial charge >= 0.3 is 0 Å². The van der Waals surface area contributed by atoms with Gasteiger partial charge in [-0.3, -0.25) is 4.98 Å². The minimum absolute atomic E-state index is 0.340. The lowest BCUT2D eigenvalue weighted by atomic mass is 9.86. The molecule has 0 saturated carbocycles. The molecule has 5 nitrogen and oxygen atoms in total. The quantitative estimate of drug-likeness (QED) is 0.781. The smallest absolute Gasteiger partial charge is 0.162 e. The summed E-state index contributed by atoms with van der Waals surface area (Å²) in [6.07, 6.45) is 3.36. The van der Waals surface area contributed by atoms with E-state index in [1.54, 1.807) is 18.5 Å². The second-order valence-electron chi connectivity index (χ2n) is 5.70. The van der Waals surface area contributed by atoms with Crippen LogP contribution < -0.4 is 5.32 Å². The Hall–Kier alpha value is -2.71. The van der Waals surface area contributed by atoms with E-state index in [9.17, 15) is 5.26 Å². The Kier molecular flexibility index (Phi) is 3.85.